The summed E-state index contributed by atoms with van der Waals surface area (Å²) in [5, 5.41) is 0. The molecule has 0 unspecified atom stereocenters. The Bertz CT molecular complexity index is 1870. The summed E-state index contributed by atoms with van der Waals surface area (Å²) in [6, 6.07) is 43.5. The minimum atomic E-state index is 0.793. The third-order valence-corrected chi connectivity index (χ3v) is 7.56. The van der Waals surface area contributed by atoms with Gasteiger partial charge in [-0.05, 0) is 166 Å². The molecule has 6 aromatic rings. The van der Waals surface area contributed by atoms with E-state index >= 15 is 0 Å². The predicted octanol–water partition coefficient (Wildman–Crippen LogP) is 12.4. The van der Waals surface area contributed by atoms with Crippen molar-refractivity contribution in [1.82, 2.24) is 0 Å². The molecule has 0 spiro atoms. The molecule has 0 fully saturated rings. The molecule has 6 aromatic carbocycles. The molecule has 46 heavy (non-hydrogen) atoms. The maximum absolute atomic E-state index is 5.88. The molecule has 0 aliphatic rings. The van der Waals surface area contributed by atoms with Gasteiger partial charge in [-0.15, -0.1) is 0 Å². The Morgan fingerprint density at radius 3 is 0.957 bits per heavy atom. The van der Waals surface area contributed by atoms with Crippen molar-refractivity contribution in [2.75, 3.05) is 0 Å². The van der Waals surface area contributed by atoms with Crippen LogP contribution in [0.4, 0.5) is 0 Å². The Kier molecular flexibility index (Phi) is 10.4. The Balaban J connectivity index is 0.000000181. The van der Waals surface area contributed by atoms with E-state index < -0.39 is 0 Å². The Hall–Kier alpha value is -5.48. The first-order chi connectivity index (χ1) is 22.2. The Morgan fingerprint density at radius 2 is 0.587 bits per heavy atom. The van der Waals surface area contributed by atoms with Crippen molar-refractivity contribution in [1.29, 1.82) is 0 Å². The van der Waals surface area contributed by atoms with E-state index in [1.807, 2.05) is 128 Å². The van der Waals surface area contributed by atoms with E-state index in [4.69, 9.17) is 18.9 Å². The average molecular weight is 609 g/mol. The molecular formula is C42H40O4. The fourth-order valence-corrected chi connectivity index (χ4v) is 4.54. The minimum Gasteiger partial charge on any atom is -0.457 e. The molecule has 0 amide bonds. The first kappa shape index (κ1) is 31.9. The lowest BCUT2D eigenvalue weighted by Crippen LogP contribution is -1.88. The van der Waals surface area contributed by atoms with Crippen LogP contribution in [0.1, 0.15) is 33.4 Å². The molecule has 0 atom stereocenters. The van der Waals surface area contributed by atoms with Crippen LogP contribution >= 0.6 is 0 Å². The van der Waals surface area contributed by atoms with E-state index in [0.29, 0.717) is 0 Å². The third kappa shape index (κ3) is 9.26. The van der Waals surface area contributed by atoms with E-state index in [0.717, 1.165) is 46.0 Å². The van der Waals surface area contributed by atoms with Crippen molar-refractivity contribution < 1.29 is 18.9 Å². The third-order valence-electron chi connectivity index (χ3n) is 7.56. The standard InChI is InChI=1S/2C21H20O2/c1-15-4-7-18(8-5-15)22-19-10-12-20(13-11-19)23-21-9-6-16(2)17(3)14-21;1-15-5-4-6-20(13-15)22-18-9-11-19(12-10-18)23-21-8-7-16(2)17(3)14-21/h2*4-14H,1-3H3. The number of aryl methyl sites for hydroxylation is 6. The SMILES string of the molecule is Cc1ccc(Oc2ccc(Oc3ccc(C)c(C)c3)cc2)cc1.Cc1cccc(Oc2ccc(Oc3ccc(C)c(C)c3)cc2)c1. The van der Waals surface area contributed by atoms with Gasteiger partial charge in [0.2, 0.25) is 0 Å². The molecule has 232 valence electrons. The highest BCUT2D eigenvalue weighted by Gasteiger charge is 2.04. The molecule has 0 bridgehead atoms. The summed E-state index contributed by atoms with van der Waals surface area (Å²) in [7, 11) is 0. The van der Waals surface area contributed by atoms with Gasteiger partial charge in [-0.25, -0.2) is 0 Å². The lowest BCUT2D eigenvalue weighted by atomic mass is 10.1. The second-order valence-corrected chi connectivity index (χ2v) is 11.5. The monoisotopic (exact) mass is 608 g/mol. The van der Waals surface area contributed by atoms with E-state index in [1.54, 1.807) is 0 Å². The number of hydrogen-bond donors (Lipinski definition) is 0. The summed E-state index contributed by atoms with van der Waals surface area (Å²) in [4.78, 5) is 0. The summed E-state index contributed by atoms with van der Waals surface area (Å²) in [6.45, 7) is 12.5. The first-order valence-electron chi connectivity index (χ1n) is 15.4. The zero-order chi connectivity index (χ0) is 32.5. The van der Waals surface area contributed by atoms with E-state index in [9.17, 15) is 0 Å². The Labute approximate surface area is 272 Å². The average Bonchev–Trinajstić information content (AvgIpc) is 3.04. The molecule has 0 heterocycles. The van der Waals surface area contributed by atoms with Crippen molar-refractivity contribution in [2.45, 2.75) is 41.5 Å². The van der Waals surface area contributed by atoms with Crippen molar-refractivity contribution in [3.05, 3.63) is 167 Å². The van der Waals surface area contributed by atoms with Crippen LogP contribution in [0.15, 0.2) is 133 Å². The van der Waals surface area contributed by atoms with Gasteiger partial charge in [-0.2, -0.15) is 0 Å². The molecule has 0 radical (unpaired) electrons. The smallest absolute Gasteiger partial charge is 0.127 e. The summed E-state index contributed by atoms with van der Waals surface area (Å²) < 4.78 is 23.4. The largest absolute Gasteiger partial charge is 0.457 e. The highest BCUT2D eigenvalue weighted by Crippen LogP contribution is 2.29. The van der Waals surface area contributed by atoms with Crippen LogP contribution in [-0.4, -0.2) is 0 Å². The fourth-order valence-electron chi connectivity index (χ4n) is 4.54. The maximum Gasteiger partial charge on any atom is 0.127 e. The highest BCUT2D eigenvalue weighted by atomic mass is 16.5. The van der Waals surface area contributed by atoms with Crippen molar-refractivity contribution in [3.8, 4) is 46.0 Å². The molecule has 4 heteroatoms. The molecule has 6 rings (SSSR count). The highest BCUT2D eigenvalue weighted by molar-refractivity contribution is 5.42. The maximum atomic E-state index is 5.88. The molecule has 0 saturated carbocycles. The molecule has 0 aliphatic heterocycles. The van der Waals surface area contributed by atoms with Crippen LogP contribution < -0.4 is 18.9 Å². The van der Waals surface area contributed by atoms with Crippen LogP contribution in [-0.2, 0) is 0 Å². The number of rotatable bonds is 8. The summed E-state index contributed by atoms with van der Waals surface area (Å²) in [5.41, 5.74) is 7.37. The molecule has 0 aromatic heterocycles. The normalized spacial score (nSPS) is 10.4. The van der Waals surface area contributed by atoms with Crippen LogP contribution in [0.3, 0.4) is 0 Å². The zero-order valence-corrected chi connectivity index (χ0v) is 27.3. The van der Waals surface area contributed by atoms with Gasteiger partial charge in [0.1, 0.15) is 46.0 Å². The first-order valence-corrected chi connectivity index (χ1v) is 15.4. The van der Waals surface area contributed by atoms with Gasteiger partial charge in [0.15, 0.2) is 0 Å². The number of ether oxygens (including phenoxy) is 4. The Morgan fingerprint density at radius 1 is 0.261 bits per heavy atom. The van der Waals surface area contributed by atoms with E-state index in [-0.39, 0.29) is 0 Å². The second-order valence-electron chi connectivity index (χ2n) is 11.5. The predicted molar refractivity (Wildman–Crippen MR) is 187 cm³/mol. The van der Waals surface area contributed by atoms with Gasteiger partial charge in [0.05, 0.1) is 0 Å². The van der Waals surface area contributed by atoms with Crippen LogP contribution in [0, 0.1) is 41.5 Å². The zero-order valence-electron chi connectivity index (χ0n) is 27.3. The number of benzene rings is 6. The van der Waals surface area contributed by atoms with Gasteiger partial charge in [0, 0.05) is 0 Å². The van der Waals surface area contributed by atoms with Crippen LogP contribution in [0.5, 0.6) is 46.0 Å². The minimum absolute atomic E-state index is 0.793. The van der Waals surface area contributed by atoms with Crippen molar-refractivity contribution in [2.24, 2.45) is 0 Å². The second kappa shape index (κ2) is 15.0. The van der Waals surface area contributed by atoms with Gasteiger partial charge in [0.25, 0.3) is 0 Å². The van der Waals surface area contributed by atoms with Gasteiger partial charge in [-0.3, -0.25) is 0 Å². The molecular weight excluding hydrogens is 568 g/mol. The summed E-state index contributed by atoms with van der Waals surface area (Å²) in [6.07, 6.45) is 0. The fraction of sp³-hybridized carbons (Fsp3) is 0.143. The van der Waals surface area contributed by atoms with Crippen molar-refractivity contribution in [3.63, 3.8) is 0 Å². The number of hydrogen-bond acceptors (Lipinski definition) is 4. The molecule has 0 saturated heterocycles. The van der Waals surface area contributed by atoms with Gasteiger partial charge >= 0.3 is 0 Å². The summed E-state index contributed by atoms with van der Waals surface area (Å²) in [5.74, 6) is 6.55. The topological polar surface area (TPSA) is 36.9 Å². The van der Waals surface area contributed by atoms with Gasteiger partial charge in [-0.1, -0.05) is 42.0 Å². The van der Waals surface area contributed by atoms with Gasteiger partial charge < -0.3 is 18.9 Å². The lowest BCUT2D eigenvalue weighted by Gasteiger charge is -2.10. The molecule has 0 aliphatic carbocycles. The van der Waals surface area contributed by atoms with Crippen LogP contribution in [0.25, 0.3) is 0 Å². The van der Waals surface area contributed by atoms with Crippen LogP contribution in [0.2, 0.25) is 0 Å². The quantitative estimate of drug-likeness (QED) is 0.172. The van der Waals surface area contributed by atoms with E-state index in [2.05, 4.69) is 46.8 Å². The van der Waals surface area contributed by atoms with E-state index in [1.165, 1.54) is 33.4 Å². The molecule has 4 nitrogen and oxygen atoms in total. The lowest BCUT2D eigenvalue weighted by molar-refractivity contribution is 0.469. The van der Waals surface area contributed by atoms with Crippen molar-refractivity contribution >= 4 is 0 Å². The summed E-state index contributed by atoms with van der Waals surface area (Å²) >= 11 is 0. The molecule has 0 N–H and O–H groups in total.